The molecule has 1 atom stereocenters. The number of carbonyl (C=O) groups excluding carboxylic acids is 1. The molecule has 0 saturated heterocycles. The van der Waals surface area contributed by atoms with E-state index in [2.05, 4.69) is 10.6 Å². The molecule has 25 heavy (non-hydrogen) atoms. The fourth-order valence-electron chi connectivity index (χ4n) is 2.45. The lowest BCUT2D eigenvalue weighted by molar-refractivity contribution is -0.115. The van der Waals surface area contributed by atoms with Gasteiger partial charge in [-0.2, -0.15) is 5.26 Å². The number of furan rings is 1. The second-order valence-electron chi connectivity index (χ2n) is 5.64. The number of hydrogen-bond acceptors (Lipinski definition) is 4. The van der Waals surface area contributed by atoms with E-state index in [0.717, 1.165) is 16.7 Å². The van der Waals surface area contributed by atoms with Crippen LogP contribution in [-0.4, -0.2) is 12.5 Å². The zero-order valence-corrected chi connectivity index (χ0v) is 14.3. The molecule has 1 amide bonds. The highest BCUT2D eigenvalue weighted by Crippen LogP contribution is 2.23. The second-order valence-corrected chi connectivity index (χ2v) is 6.05. The van der Waals surface area contributed by atoms with Crippen molar-refractivity contribution in [3.05, 3.63) is 64.9 Å². The first-order valence-corrected chi connectivity index (χ1v) is 8.16. The van der Waals surface area contributed by atoms with Gasteiger partial charge in [0.2, 0.25) is 5.91 Å². The Morgan fingerprint density at radius 1 is 1.28 bits per heavy atom. The summed E-state index contributed by atoms with van der Waals surface area (Å²) in [4.78, 5) is 12.1. The van der Waals surface area contributed by atoms with Crippen LogP contribution >= 0.6 is 11.6 Å². The molecular weight excluding hydrogens is 338 g/mol. The lowest BCUT2D eigenvalue weighted by atomic mass is 10.2. The van der Waals surface area contributed by atoms with Crippen LogP contribution in [0.5, 0.6) is 0 Å². The summed E-state index contributed by atoms with van der Waals surface area (Å²) in [5.74, 6) is 0.569. The number of anilines is 1. The summed E-state index contributed by atoms with van der Waals surface area (Å²) in [7, 11) is 0. The zero-order chi connectivity index (χ0) is 17.8. The van der Waals surface area contributed by atoms with Gasteiger partial charge in [0.1, 0.15) is 17.4 Å². The van der Waals surface area contributed by atoms with Crippen LogP contribution < -0.4 is 10.6 Å². The minimum absolute atomic E-state index is 0.109. The first-order chi connectivity index (χ1) is 12.1. The van der Waals surface area contributed by atoms with Crippen molar-refractivity contribution in [2.75, 3.05) is 11.9 Å². The van der Waals surface area contributed by atoms with E-state index < -0.39 is 0 Å². The molecule has 0 radical (unpaired) electrons. The summed E-state index contributed by atoms with van der Waals surface area (Å²) < 4.78 is 5.78. The highest BCUT2D eigenvalue weighted by Gasteiger charge is 2.13. The van der Waals surface area contributed by atoms with E-state index in [1.807, 2.05) is 43.3 Å². The predicted molar refractivity (Wildman–Crippen MR) is 97.4 cm³/mol. The quantitative estimate of drug-likeness (QED) is 0.718. The maximum absolute atomic E-state index is 12.1. The summed E-state index contributed by atoms with van der Waals surface area (Å²) >= 11 is 5.96. The van der Waals surface area contributed by atoms with Crippen molar-refractivity contribution in [2.24, 2.45) is 0 Å². The van der Waals surface area contributed by atoms with Crippen molar-refractivity contribution < 1.29 is 9.21 Å². The Balaban J connectivity index is 1.58. The van der Waals surface area contributed by atoms with E-state index >= 15 is 0 Å². The van der Waals surface area contributed by atoms with Crippen LogP contribution in [0.15, 0.2) is 52.9 Å². The number of para-hydroxylation sites is 1. The summed E-state index contributed by atoms with van der Waals surface area (Å²) in [5.41, 5.74) is 1.74. The number of nitriles is 1. The lowest BCUT2D eigenvalue weighted by Gasteiger charge is -2.11. The molecule has 0 bridgehead atoms. The monoisotopic (exact) mass is 353 g/mol. The maximum atomic E-state index is 12.1. The van der Waals surface area contributed by atoms with Crippen LogP contribution in [0.4, 0.5) is 5.69 Å². The van der Waals surface area contributed by atoms with E-state index in [9.17, 15) is 4.79 Å². The van der Waals surface area contributed by atoms with Gasteiger partial charge in [-0.05, 0) is 37.3 Å². The number of rotatable bonds is 5. The molecule has 5 nitrogen and oxygen atoms in total. The molecule has 1 unspecified atom stereocenters. The normalized spacial score (nSPS) is 11.9. The van der Waals surface area contributed by atoms with Gasteiger partial charge >= 0.3 is 0 Å². The smallest absolute Gasteiger partial charge is 0.238 e. The van der Waals surface area contributed by atoms with Crippen LogP contribution in [0, 0.1) is 11.3 Å². The van der Waals surface area contributed by atoms with Gasteiger partial charge in [0, 0.05) is 11.1 Å². The third-order valence-corrected chi connectivity index (χ3v) is 4.13. The number of benzene rings is 2. The third kappa shape index (κ3) is 4.00. The average Bonchev–Trinajstić information content (AvgIpc) is 3.04. The standard InChI is InChI=1S/C19H16ClN3O2/c1-12(18-8-13-4-2-3-5-17(13)25-18)22-11-19(24)23-15-7-6-14(10-21)16(20)9-15/h2-9,12,22H,11H2,1H3,(H,23,24). The third-order valence-electron chi connectivity index (χ3n) is 3.81. The van der Waals surface area contributed by atoms with Crippen LogP contribution in [0.3, 0.4) is 0 Å². The molecule has 0 aliphatic carbocycles. The van der Waals surface area contributed by atoms with Gasteiger partial charge in [0.15, 0.2) is 0 Å². The molecular formula is C19H16ClN3O2. The fraction of sp³-hybridized carbons (Fsp3) is 0.158. The Morgan fingerprint density at radius 2 is 2.08 bits per heavy atom. The molecule has 1 heterocycles. The van der Waals surface area contributed by atoms with Crippen LogP contribution in [-0.2, 0) is 4.79 Å². The largest absolute Gasteiger partial charge is 0.459 e. The van der Waals surface area contributed by atoms with Crippen molar-refractivity contribution in [2.45, 2.75) is 13.0 Å². The molecule has 2 aromatic carbocycles. The number of hydrogen-bond donors (Lipinski definition) is 2. The zero-order valence-electron chi connectivity index (χ0n) is 13.5. The molecule has 6 heteroatoms. The molecule has 0 aliphatic rings. The number of nitrogens with zero attached hydrogens (tertiary/aromatic N) is 1. The Morgan fingerprint density at radius 3 is 2.80 bits per heavy atom. The van der Waals surface area contributed by atoms with E-state index in [1.54, 1.807) is 18.2 Å². The van der Waals surface area contributed by atoms with E-state index in [4.69, 9.17) is 21.3 Å². The molecule has 3 aromatic rings. The van der Waals surface area contributed by atoms with Gasteiger partial charge in [0.05, 0.1) is 23.2 Å². The van der Waals surface area contributed by atoms with E-state index in [-0.39, 0.29) is 18.5 Å². The summed E-state index contributed by atoms with van der Waals surface area (Å²) in [5, 5.41) is 16.1. The van der Waals surface area contributed by atoms with Crippen molar-refractivity contribution in [3.63, 3.8) is 0 Å². The lowest BCUT2D eigenvalue weighted by Crippen LogP contribution is -2.29. The van der Waals surface area contributed by atoms with Gasteiger partial charge < -0.3 is 9.73 Å². The molecule has 1 aromatic heterocycles. The first kappa shape index (κ1) is 17.0. The van der Waals surface area contributed by atoms with Crippen molar-refractivity contribution in [1.29, 1.82) is 5.26 Å². The summed E-state index contributed by atoms with van der Waals surface area (Å²) in [6.07, 6.45) is 0. The molecule has 0 aliphatic heterocycles. The highest BCUT2D eigenvalue weighted by molar-refractivity contribution is 6.32. The van der Waals surface area contributed by atoms with Gasteiger partial charge in [-0.1, -0.05) is 29.8 Å². The Kier molecular flexibility index (Phi) is 5.03. The molecule has 2 N–H and O–H groups in total. The number of fused-ring (bicyclic) bond motifs is 1. The van der Waals surface area contributed by atoms with Gasteiger partial charge in [-0.25, -0.2) is 0 Å². The molecule has 126 valence electrons. The van der Waals surface area contributed by atoms with Gasteiger partial charge in [0.25, 0.3) is 0 Å². The summed E-state index contributed by atoms with van der Waals surface area (Å²) in [6.45, 7) is 2.05. The number of nitrogens with one attached hydrogen (secondary N) is 2. The first-order valence-electron chi connectivity index (χ1n) is 7.78. The Bertz CT molecular complexity index is 926. The number of halogens is 1. The minimum atomic E-state index is -0.205. The maximum Gasteiger partial charge on any atom is 0.238 e. The Hall–Kier alpha value is -2.81. The highest BCUT2D eigenvalue weighted by atomic mass is 35.5. The average molecular weight is 354 g/mol. The molecule has 0 spiro atoms. The van der Waals surface area contributed by atoms with Gasteiger partial charge in [-0.15, -0.1) is 0 Å². The van der Waals surface area contributed by atoms with E-state index in [0.29, 0.717) is 16.3 Å². The topological polar surface area (TPSA) is 78.1 Å². The van der Waals surface area contributed by atoms with E-state index in [1.165, 1.54) is 0 Å². The van der Waals surface area contributed by atoms with Crippen molar-refractivity contribution >= 4 is 34.2 Å². The number of amides is 1. The SMILES string of the molecule is CC(NCC(=O)Nc1ccc(C#N)c(Cl)c1)c1cc2ccccc2o1. The minimum Gasteiger partial charge on any atom is -0.459 e. The molecule has 3 rings (SSSR count). The van der Waals surface area contributed by atoms with Crippen LogP contribution in [0.2, 0.25) is 5.02 Å². The van der Waals surface area contributed by atoms with Gasteiger partial charge in [-0.3, -0.25) is 10.1 Å². The fourth-order valence-corrected chi connectivity index (χ4v) is 2.67. The van der Waals surface area contributed by atoms with Crippen molar-refractivity contribution in [3.8, 4) is 6.07 Å². The number of carbonyl (C=O) groups is 1. The van der Waals surface area contributed by atoms with Crippen LogP contribution in [0.1, 0.15) is 24.3 Å². The molecule has 0 fully saturated rings. The summed E-state index contributed by atoms with van der Waals surface area (Å²) in [6, 6.07) is 16.4. The van der Waals surface area contributed by atoms with Crippen molar-refractivity contribution in [1.82, 2.24) is 5.32 Å². The Labute approximate surface area is 150 Å². The van der Waals surface area contributed by atoms with Crippen LogP contribution in [0.25, 0.3) is 11.0 Å². The second kappa shape index (κ2) is 7.39. The molecule has 0 saturated carbocycles. The predicted octanol–water partition coefficient (Wildman–Crippen LogP) is 4.25.